The Morgan fingerprint density at radius 1 is 0.972 bits per heavy atom. The highest BCUT2D eigenvalue weighted by Crippen LogP contribution is 2.40. The number of carbonyl (C=O) groups excluding carboxylic acids is 2. The first-order chi connectivity index (χ1) is 17.5. The van der Waals surface area contributed by atoms with Gasteiger partial charge in [-0.15, -0.1) is 0 Å². The first-order valence-corrected chi connectivity index (χ1v) is 11.9. The van der Waals surface area contributed by atoms with Crippen molar-refractivity contribution in [2.24, 2.45) is 0 Å². The van der Waals surface area contributed by atoms with Crippen LogP contribution in [0.4, 0.5) is 0 Å². The Bertz CT molecular complexity index is 1260. The van der Waals surface area contributed by atoms with Crippen LogP contribution in [0.25, 0.3) is 5.76 Å². The molecule has 6 nitrogen and oxygen atoms in total. The molecule has 0 bridgehead atoms. The monoisotopic (exact) mass is 483 g/mol. The summed E-state index contributed by atoms with van der Waals surface area (Å²) in [4.78, 5) is 28.0. The van der Waals surface area contributed by atoms with Gasteiger partial charge in [-0.1, -0.05) is 55.1 Å². The van der Waals surface area contributed by atoms with Crippen molar-refractivity contribution < 1.29 is 24.2 Å². The second kappa shape index (κ2) is 11.4. The van der Waals surface area contributed by atoms with Crippen molar-refractivity contribution in [3.05, 3.63) is 114 Å². The number of ketones is 1. The molecule has 1 heterocycles. The third-order valence-electron chi connectivity index (χ3n) is 6.00. The molecular weight excluding hydrogens is 454 g/mol. The van der Waals surface area contributed by atoms with E-state index in [9.17, 15) is 14.7 Å². The number of carbonyl (C=O) groups is 2. The molecule has 1 aliphatic rings. The van der Waals surface area contributed by atoms with E-state index in [-0.39, 0.29) is 11.3 Å². The van der Waals surface area contributed by atoms with Gasteiger partial charge in [-0.05, 0) is 60.9 Å². The van der Waals surface area contributed by atoms with Gasteiger partial charge in [0.05, 0.1) is 18.2 Å². The summed E-state index contributed by atoms with van der Waals surface area (Å²) in [5.74, 6) is -0.332. The van der Waals surface area contributed by atoms with Gasteiger partial charge in [-0.2, -0.15) is 0 Å². The standard InChI is InChI=1S/C30H29NO5/c1-3-19-36-25-12-8-11-23(20-25)27-26(28(32)22-13-15-24(16-14-22)35-4-2)29(33)30(34)31(27)18-17-21-9-6-5-7-10-21/h3,5-16,20,27,32H,1,4,17-19H2,2H3. The smallest absolute Gasteiger partial charge is 0.295 e. The van der Waals surface area contributed by atoms with Crippen LogP contribution in [-0.2, 0) is 16.0 Å². The maximum absolute atomic E-state index is 13.3. The van der Waals surface area contributed by atoms with Crippen molar-refractivity contribution in [1.29, 1.82) is 0 Å². The number of rotatable bonds is 10. The highest BCUT2D eigenvalue weighted by molar-refractivity contribution is 6.46. The fourth-order valence-corrected chi connectivity index (χ4v) is 4.31. The van der Waals surface area contributed by atoms with Gasteiger partial charge >= 0.3 is 0 Å². The van der Waals surface area contributed by atoms with E-state index < -0.39 is 17.7 Å². The van der Waals surface area contributed by atoms with Crippen molar-refractivity contribution in [1.82, 2.24) is 4.90 Å². The molecule has 1 unspecified atom stereocenters. The van der Waals surface area contributed by atoms with Gasteiger partial charge in [0.2, 0.25) is 0 Å². The van der Waals surface area contributed by atoms with Crippen LogP contribution in [0.2, 0.25) is 0 Å². The molecule has 184 valence electrons. The maximum Gasteiger partial charge on any atom is 0.295 e. The Morgan fingerprint density at radius 3 is 2.42 bits per heavy atom. The lowest BCUT2D eigenvalue weighted by atomic mass is 9.95. The lowest BCUT2D eigenvalue weighted by Gasteiger charge is -2.25. The van der Waals surface area contributed by atoms with Crippen molar-refractivity contribution in [2.75, 3.05) is 19.8 Å². The SMILES string of the molecule is C=CCOc1cccc(C2C(=C(O)c3ccc(OCC)cc3)C(=O)C(=O)N2CCc2ccccc2)c1. The van der Waals surface area contributed by atoms with Crippen LogP contribution >= 0.6 is 0 Å². The number of hydrogen-bond donors (Lipinski definition) is 1. The van der Waals surface area contributed by atoms with Crippen LogP contribution in [0, 0.1) is 0 Å². The number of likely N-dealkylation sites (tertiary alicyclic amines) is 1. The topological polar surface area (TPSA) is 76.1 Å². The molecule has 3 aromatic carbocycles. The highest BCUT2D eigenvalue weighted by atomic mass is 16.5. The van der Waals surface area contributed by atoms with Gasteiger partial charge in [0.15, 0.2) is 0 Å². The molecule has 0 radical (unpaired) electrons. The first kappa shape index (κ1) is 24.8. The van der Waals surface area contributed by atoms with E-state index in [1.54, 1.807) is 42.5 Å². The van der Waals surface area contributed by atoms with Crippen LogP contribution < -0.4 is 9.47 Å². The van der Waals surface area contributed by atoms with E-state index >= 15 is 0 Å². The van der Waals surface area contributed by atoms with Crippen LogP contribution in [0.1, 0.15) is 29.7 Å². The van der Waals surface area contributed by atoms with Gasteiger partial charge in [0, 0.05) is 12.1 Å². The summed E-state index contributed by atoms with van der Waals surface area (Å²) in [6, 6.07) is 23.1. The van der Waals surface area contributed by atoms with Crippen molar-refractivity contribution in [2.45, 2.75) is 19.4 Å². The average molecular weight is 484 g/mol. The second-order valence-corrected chi connectivity index (χ2v) is 8.36. The molecular formula is C30H29NO5. The molecule has 3 aromatic rings. The molecule has 6 heteroatoms. The second-order valence-electron chi connectivity index (χ2n) is 8.36. The Hall–Kier alpha value is -4.32. The van der Waals surface area contributed by atoms with Crippen LogP contribution in [0.3, 0.4) is 0 Å². The summed E-state index contributed by atoms with van der Waals surface area (Å²) in [5.41, 5.74) is 2.21. The number of nitrogens with zero attached hydrogens (tertiary/aromatic N) is 1. The molecule has 1 saturated heterocycles. The number of hydrogen-bond acceptors (Lipinski definition) is 5. The Kier molecular flexibility index (Phi) is 7.85. The Balaban J connectivity index is 1.76. The van der Waals surface area contributed by atoms with Crippen molar-refractivity contribution >= 4 is 17.4 Å². The lowest BCUT2D eigenvalue weighted by Crippen LogP contribution is -2.31. The van der Waals surface area contributed by atoms with E-state index in [1.807, 2.05) is 49.4 Å². The van der Waals surface area contributed by atoms with Crippen LogP contribution in [0.15, 0.2) is 97.1 Å². The number of Topliss-reactive ketones (excluding diaryl/α,β-unsaturated/α-hetero) is 1. The predicted molar refractivity (Wildman–Crippen MR) is 139 cm³/mol. The number of ether oxygens (including phenoxy) is 2. The third-order valence-corrected chi connectivity index (χ3v) is 6.00. The molecule has 1 aliphatic heterocycles. The normalized spacial score (nSPS) is 16.7. The van der Waals surface area contributed by atoms with Gasteiger partial charge < -0.3 is 19.5 Å². The predicted octanol–water partition coefficient (Wildman–Crippen LogP) is 5.31. The molecule has 1 amide bonds. The van der Waals surface area contributed by atoms with E-state index in [0.29, 0.717) is 48.8 Å². The van der Waals surface area contributed by atoms with Crippen LogP contribution in [-0.4, -0.2) is 41.5 Å². The summed E-state index contributed by atoms with van der Waals surface area (Å²) < 4.78 is 11.2. The summed E-state index contributed by atoms with van der Waals surface area (Å²) >= 11 is 0. The number of aliphatic hydroxyl groups is 1. The van der Waals surface area contributed by atoms with E-state index in [1.165, 1.54) is 4.90 Å². The lowest BCUT2D eigenvalue weighted by molar-refractivity contribution is -0.139. The number of aliphatic hydroxyl groups excluding tert-OH is 1. The van der Waals surface area contributed by atoms with E-state index in [2.05, 4.69) is 6.58 Å². The minimum atomic E-state index is -0.757. The fraction of sp³-hybridized carbons (Fsp3) is 0.200. The molecule has 4 rings (SSSR count). The maximum atomic E-state index is 13.3. The zero-order valence-corrected chi connectivity index (χ0v) is 20.2. The van der Waals surface area contributed by atoms with Crippen LogP contribution in [0.5, 0.6) is 11.5 Å². The Morgan fingerprint density at radius 2 is 1.72 bits per heavy atom. The minimum absolute atomic E-state index is 0.0538. The molecule has 0 saturated carbocycles. The van der Waals surface area contributed by atoms with E-state index in [0.717, 1.165) is 5.56 Å². The molecule has 1 atom stereocenters. The van der Waals surface area contributed by atoms with Gasteiger partial charge in [0.25, 0.3) is 11.7 Å². The molecule has 36 heavy (non-hydrogen) atoms. The Labute approximate surface area is 211 Å². The summed E-state index contributed by atoms with van der Waals surface area (Å²) in [6.45, 7) is 6.72. The molecule has 1 fully saturated rings. The molecule has 1 N–H and O–H groups in total. The summed E-state index contributed by atoms with van der Waals surface area (Å²) in [7, 11) is 0. The average Bonchev–Trinajstić information content (AvgIpc) is 3.16. The molecule has 0 aliphatic carbocycles. The van der Waals surface area contributed by atoms with Crippen molar-refractivity contribution in [3.63, 3.8) is 0 Å². The van der Waals surface area contributed by atoms with Gasteiger partial charge in [-0.25, -0.2) is 0 Å². The molecule has 0 spiro atoms. The first-order valence-electron chi connectivity index (χ1n) is 11.9. The largest absolute Gasteiger partial charge is 0.507 e. The minimum Gasteiger partial charge on any atom is -0.507 e. The number of amides is 1. The zero-order chi connectivity index (χ0) is 25.5. The van der Waals surface area contributed by atoms with E-state index in [4.69, 9.17) is 9.47 Å². The van der Waals surface area contributed by atoms with Gasteiger partial charge in [-0.3, -0.25) is 9.59 Å². The molecule has 0 aromatic heterocycles. The van der Waals surface area contributed by atoms with Gasteiger partial charge in [0.1, 0.15) is 23.9 Å². The number of benzene rings is 3. The van der Waals surface area contributed by atoms with Crippen molar-refractivity contribution in [3.8, 4) is 11.5 Å². The highest BCUT2D eigenvalue weighted by Gasteiger charge is 2.46. The summed E-state index contributed by atoms with van der Waals surface area (Å²) in [6.07, 6.45) is 2.21. The zero-order valence-electron chi connectivity index (χ0n) is 20.2. The quantitative estimate of drug-likeness (QED) is 0.183. The third kappa shape index (κ3) is 5.33. The fourth-order valence-electron chi connectivity index (χ4n) is 4.31. The summed E-state index contributed by atoms with van der Waals surface area (Å²) in [5, 5.41) is 11.3.